The SMILES string of the molecule is CC(C)c1ccnn1C1(C(=O)Nc2ccc(Cl)cc2OC(F)F)CCN(C[C@@H](CO)C(=O)O)CC1. The predicted octanol–water partition coefficient (Wildman–Crippen LogP) is 3.38. The van der Waals surface area contributed by atoms with E-state index in [1.165, 1.54) is 18.2 Å². The molecule has 3 N–H and O–H groups in total. The molecule has 0 radical (unpaired) electrons. The number of anilines is 1. The van der Waals surface area contributed by atoms with Crippen LogP contribution >= 0.6 is 11.6 Å². The summed E-state index contributed by atoms with van der Waals surface area (Å²) in [5.74, 6) is -2.69. The number of carbonyl (C=O) groups excluding carboxylic acids is 1. The van der Waals surface area contributed by atoms with Crippen molar-refractivity contribution in [3.63, 3.8) is 0 Å². The molecule has 0 bridgehead atoms. The number of likely N-dealkylation sites (tertiary alicyclic amines) is 1. The fourth-order valence-corrected chi connectivity index (χ4v) is 4.47. The molecule has 12 heteroatoms. The topological polar surface area (TPSA) is 117 Å². The summed E-state index contributed by atoms with van der Waals surface area (Å²) in [5.41, 5.74) is -0.280. The molecule has 192 valence electrons. The number of benzene rings is 1. The van der Waals surface area contributed by atoms with Gasteiger partial charge in [-0.1, -0.05) is 25.4 Å². The number of aliphatic hydroxyl groups excluding tert-OH is 1. The minimum absolute atomic E-state index is 0.0472. The maximum atomic E-state index is 13.8. The van der Waals surface area contributed by atoms with Crippen LogP contribution in [0, 0.1) is 5.92 Å². The van der Waals surface area contributed by atoms with Crippen LogP contribution in [0.1, 0.15) is 38.3 Å². The number of carboxylic acids is 1. The van der Waals surface area contributed by atoms with Gasteiger partial charge in [0.05, 0.1) is 18.2 Å². The number of halogens is 3. The van der Waals surface area contributed by atoms with Gasteiger partial charge in [-0.15, -0.1) is 0 Å². The number of rotatable bonds is 10. The van der Waals surface area contributed by atoms with Gasteiger partial charge in [0.1, 0.15) is 5.54 Å². The summed E-state index contributed by atoms with van der Waals surface area (Å²) in [6.45, 7) is 1.24. The molecule has 1 aromatic heterocycles. The molecule has 0 saturated carbocycles. The number of aromatic nitrogens is 2. The van der Waals surface area contributed by atoms with Gasteiger partial charge in [-0.2, -0.15) is 13.9 Å². The molecular weight excluding hydrogens is 486 g/mol. The van der Waals surface area contributed by atoms with Crippen molar-refractivity contribution in [1.29, 1.82) is 0 Å². The maximum absolute atomic E-state index is 13.8. The number of hydrogen-bond acceptors (Lipinski definition) is 6. The number of carboxylic acid groups (broad SMARTS) is 1. The summed E-state index contributed by atoms with van der Waals surface area (Å²) in [7, 11) is 0. The summed E-state index contributed by atoms with van der Waals surface area (Å²) in [6.07, 6.45) is 2.18. The van der Waals surface area contributed by atoms with Gasteiger partial charge in [0.2, 0.25) is 0 Å². The fourth-order valence-electron chi connectivity index (χ4n) is 4.31. The fraction of sp³-hybridized carbons (Fsp3) is 0.522. The van der Waals surface area contributed by atoms with Crippen molar-refractivity contribution in [2.75, 3.05) is 31.6 Å². The second kappa shape index (κ2) is 11.3. The summed E-state index contributed by atoms with van der Waals surface area (Å²) < 4.78 is 32.1. The molecule has 1 atom stereocenters. The third kappa shape index (κ3) is 6.09. The van der Waals surface area contributed by atoms with Crippen LogP contribution in [0.15, 0.2) is 30.5 Å². The Morgan fingerprint density at radius 3 is 2.51 bits per heavy atom. The van der Waals surface area contributed by atoms with Crippen molar-refractivity contribution < 1.29 is 33.3 Å². The first-order valence-electron chi connectivity index (χ1n) is 11.2. The Labute approximate surface area is 206 Å². The number of alkyl halides is 2. The summed E-state index contributed by atoms with van der Waals surface area (Å²) in [5, 5.41) is 26.0. The molecule has 1 amide bonds. The number of aliphatic carboxylic acids is 1. The van der Waals surface area contributed by atoms with Gasteiger partial charge in [-0.05, 0) is 37.0 Å². The highest BCUT2D eigenvalue weighted by atomic mass is 35.5. The lowest BCUT2D eigenvalue weighted by Crippen LogP contribution is -2.55. The van der Waals surface area contributed by atoms with Crippen LogP contribution < -0.4 is 10.1 Å². The Bertz CT molecular complexity index is 1040. The van der Waals surface area contributed by atoms with E-state index in [-0.39, 0.29) is 41.8 Å². The highest BCUT2D eigenvalue weighted by Gasteiger charge is 2.45. The Kier molecular flexibility index (Phi) is 8.68. The van der Waals surface area contributed by atoms with Crippen molar-refractivity contribution in [3.05, 3.63) is 41.2 Å². The van der Waals surface area contributed by atoms with Gasteiger partial charge < -0.3 is 25.2 Å². The molecule has 1 saturated heterocycles. The van der Waals surface area contributed by atoms with E-state index in [4.69, 9.17) is 11.6 Å². The summed E-state index contributed by atoms with van der Waals surface area (Å²) >= 11 is 5.92. The van der Waals surface area contributed by atoms with E-state index in [1.54, 1.807) is 10.9 Å². The van der Waals surface area contributed by atoms with Crippen molar-refractivity contribution in [2.24, 2.45) is 5.92 Å². The van der Waals surface area contributed by atoms with E-state index < -0.39 is 36.6 Å². The Balaban J connectivity index is 1.92. The van der Waals surface area contributed by atoms with Crippen molar-refractivity contribution in [1.82, 2.24) is 14.7 Å². The molecule has 1 aromatic carbocycles. The number of amides is 1. The quantitative estimate of drug-likeness (QED) is 0.445. The average Bonchev–Trinajstić information content (AvgIpc) is 3.30. The number of nitrogens with zero attached hydrogens (tertiary/aromatic N) is 3. The van der Waals surface area contributed by atoms with Crippen molar-refractivity contribution in [3.8, 4) is 5.75 Å². The van der Waals surface area contributed by atoms with Crippen LogP contribution in [-0.2, 0) is 15.1 Å². The second-order valence-electron chi connectivity index (χ2n) is 8.85. The lowest BCUT2D eigenvalue weighted by Gasteiger charge is -2.42. The van der Waals surface area contributed by atoms with Gasteiger partial charge in [0, 0.05) is 42.6 Å². The molecule has 1 aliphatic rings. The van der Waals surface area contributed by atoms with Gasteiger partial charge >= 0.3 is 12.6 Å². The van der Waals surface area contributed by atoms with E-state index in [0.29, 0.717) is 13.1 Å². The van der Waals surface area contributed by atoms with Crippen molar-refractivity contribution in [2.45, 2.75) is 44.8 Å². The monoisotopic (exact) mass is 514 g/mol. The lowest BCUT2D eigenvalue weighted by atomic mass is 9.85. The first-order valence-corrected chi connectivity index (χ1v) is 11.6. The Hall–Kier alpha value is -2.76. The normalized spacial score (nSPS) is 16.9. The van der Waals surface area contributed by atoms with Crippen molar-refractivity contribution >= 4 is 29.2 Å². The molecule has 2 heterocycles. The standard InChI is InChI=1S/C23H29ClF2N4O5/c1-14(2)18-5-8-27-30(18)23(6-9-29(10-7-23)12-15(13-31)20(32)33)21(34)28-17-4-3-16(24)11-19(17)35-22(25)26/h3-5,8,11,14-15,22,31H,6-7,9-10,12-13H2,1-2H3,(H,28,34)(H,32,33)/t15-/m0/s1. The number of hydrogen-bond donors (Lipinski definition) is 3. The molecule has 0 aliphatic carbocycles. The zero-order valence-corrected chi connectivity index (χ0v) is 20.2. The summed E-state index contributed by atoms with van der Waals surface area (Å²) in [4.78, 5) is 27.0. The molecule has 1 fully saturated rings. The number of aliphatic hydroxyl groups is 1. The van der Waals surface area contributed by atoms with Gasteiger partial charge in [0.15, 0.2) is 5.75 Å². The highest BCUT2D eigenvalue weighted by molar-refractivity contribution is 6.30. The highest BCUT2D eigenvalue weighted by Crippen LogP contribution is 2.37. The zero-order chi connectivity index (χ0) is 25.8. The molecule has 2 aromatic rings. The smallest absolute Gasteiger partial charge is 0.387 e. The molecule has 1 aliphatic heterocycles. The molecule has 35 heavy (non-hydrogen) atoms. The van der Waals surface area contributed by atoms with E-state index in [0.717, 1.165) is 5.69 Å². The Morgan fingerprint density at radius 1 is 1.26 bits per heavy atom. The first kappa shape index (κ1) is 26.8. The minimum atomic E-state index is -3.10. The van der Waals surface area contributed by atoms with Gasteiger partial charge in [0.25, 0.3) is 5.91 Å². The van der Waals surface area contributed by atoms with E-state index >= 15 is 0 Å². The predicted molar refractivity (Wildman–Crippen MR) is 125 cm³/mol. The van der Waals surface area contributed by atoms with E-state index in [2.05, 4.69) is 15.2 Å². The van der Waals surface area contributed by atoms with Gasteiger partial charge in [-0.3, -0.25) is 14.3 Å². The third-order valence-corrected chi connectivity index (χ3v) is 6.47. The molecular formula is C23H29ClF2N4O5. The average molecular weight is 515 g/mol. The van der Waals surface area contributed by atoms with Crippen LogP contribution in [0.2, 0.25) is 5.02 Å². The number of ether oxygens (including phenoxy) is 1. The molecule has 0 unspecified atom stereocenters. The van der Waals surface area contributed by atoms with Crippen LogP contribution in [0.25, 0.3) is 0 Å². The minimum Gasteiger partial charge on any atom is -0.481 e. The summed E-state index contributed by atoms with van der Waals surface area (Å²) in [6, 6.07) is 5.88. The number of carbonyl (C=O) groups is 2. The van der Waals surface area contributed by atoms with Crippen LogP contribution in [-0.4, -0.2) is 69.6 Å². The first-order chi connectivity index (χ1) is 16.6. The van der Waals surface area contributed by atoms with Gasteiger partial charge in [-0.25, -0.2) is 0 Å². The van der Waals surface area contributed by atoms with E-state index in [1.807, 2.05) is 24.8 Å². The molecule has 9 nitrogen and oxygen atoms in total. The number of piperidine rings is 1. The maximum Gasteiger partial charge on any atom is 0.387 e. The third-order valence-electron chi connectivity index (χ3n) is 6.23. The second-order valence-corrected chi connectivity index (χ2v) is 9.28. The number of nitrogens with one attached hydrogen (secondary N) is 1. The largest absolute Gasteiger partial charge is 0.481 e. The zero-order valence-electron chi connectivity index (χ0n) is 19.5. The van der Waals surface area contributed by atoms with Crippen LogP contribution in [0.5, 0.6) is 5.75 Å². The van der Waals surface area contributed by atoms with Crippen LogP contribution in [0.4, 0.5) is 14.5 Å². The van der Waals surface area contributed by atoms with Crippen LogP contribution in [0.3, 0.4) is 0 Å². The molecule has 3 rings (SSSR count). The van der Waals surface area contributed by atoms with E-state index in [9.17, 15) is 28.6 Å². The molecule has 0 spiro atoms. The Morgan fingerprint density at radius 2 is 1.94 bits per heavy atom. The lowest BCUT2D eigenvalue weighted by molar-refractivity contribution is -0.144.